The number of aryl methyl sites for hydroxylation is 1. The van der Waals surface area contributed by atoms with Crippen LogP contribution in [0.3, 0.4) is 0 Å². The van der Waals surface area contributed by atoms with E-state index in [2.05, 4.69) is 30.2 Å². The fourth-order valence-corrected chi connectivity index (χ4v) is 3.37. The van der Waals surface area contributed by atoms with Gasteiger partial charge in [0.25, 0.3) is 0 Å². The van der Waals surface area contributed by atoms with Crippen LogP contribution in [0.2, 0.25) is 0 Å². The summed E-state index contributed by atoms with van der Waals surface area (Å²) in [4.78, 5) is 13.0. The molecule has 1 amide bonds. The van der Waals surface area contributed by atoms with Crippen LogP contribution < -0.4 is 0 Å². The maximum Gasteiger partial charge on any atom is 0.240 e. The molecule has 0 bridgehead atoms. The van der Waals surface area contributed by atoms with Crippen molar-refractivity contribution < 1.29 is 4.79 Å². The lowest BCUT2D eigenvalue weighted by Crippen LogP contribution is -2.23. The Morgan fingerprint density at radius 2 is 2.10 bits per heavy atom. The molecule has 2 aromatic rings. The van der Waals surface area contributed by atoms with Crippen LogP contribution in [0.15, 0.2) is 46.9 Å². The molecule has 0 N–H and O–H groups in total. The molecule has 0 saturated heterocycles. The second-order valence-corrected chi connectivity index (χ2v) is 5.94. The minimum atomic E-state index is -0.00742. The van der Waals surface area contributed by atoms with Gasteiger partial charge >= 0.3 is 0 Å². The Morgan fingerprint density at radius 3 is 2.75 bits per heavy atom. The zero-order chi connectivity index (χ0) is 14.1. The van der Waals surface area contributed by atoms with Crippen LogP contribution in [-0.2, 0) is 4.79 Å². The van der Waals surface area contributed by atoms with Gasteiger partial charge in [-0.3, -0.25) is 4.79 Å². The van der Waals surface area contributed by atoms with E-state index in [0.29, 0.717) is 0 Å². The fraction of sp³-hybridized carbons (Fsp3) is 0.250. The lowest BCUT2D eigenvalue weighted by atomic mass is 9.99. The molecule has 1 aliphatic rings. The quantitative estimate of drug-likeness (QED) is 0.826. The molecular weight excluding hydrogens is 268 g/mol. The Kier molecular flexibility index (Phi) is 3.40. The standard InChI is InChI=1S/C16H16N2OS/c1-11-6-3-4-7-13(11)14-10-15(16-8-5-9-20-16)18(17-14)12(2)19/h3-9,15H,10H2,1-2H3/t15-/m0/s1. The van der Waals surface area contributed by atoms with E-state index in [0.717, 1.165) is 17.7 Å². The van der Waals surface area contributed by atoms with Crippen LogP contribution in [0.25, 0.3) is 0 Å². The molecule has 1 aromatic carbocycles. The predicted molar refractivity (Wildman–Crippen MR) is 81.9 cm³/mol. The van der Waals surface area contributed by atoms with Crippen molar-refractivity contribution in [2.45, 2.75) is 26.3 Å². The largest absolute Gasteiger partial charge is 0.273 e. The van der Waals surface area contributed by atoms with Crippen molar-refractivity contribution in [1.82, 2.24) is 5.01 Å². The van der Waals surface area contributed by atoms with Gasteiger partial charge in [0.15, 0.2) is 0 Å². The first kappa shape index (κ1) is 13.1. The van der Waals surface area contributed by atoms with Crippen molar-refractivity contribution in [2.24, 2.45) is 5.10 Å². The molecule has 1 aromatic heterocycles. The van der Waals surface area contributed by atoms with Gasteiger partial charge in [0, 0.05) is 23.8 Å². The summed E-state index contributed by atoms with van der Waals surface area (Å²) in [5, 5.41) is 8.22. The molecule has 20 heavy (non-hydrogen) atoms. The maximum atomic E-state index is 11.8. The molecule has 4 heteroatoms. The molecule has 2 heterocycles. The van der Waals surface area contributed by atoms with E-state index in [-0.39, 0.29) is 11.9 Å². The number of nitrogens with zero attached hydrogens (tertiary/aromatic N) is 2. The van der Waals surface area contributed by atoms with Crippen LogP contribution in [0.1, 0.15) is 35.4 Å². The molecule has 3 nitrogen and oxygen atoms in total. The SMILES string of the molecule is CC(=O)N1N=C(c2ccccc2C)C[C@H]1c1cccs1. The normalized spacial score (nSPS) is 18.2. The van der Waals surface area contributed by atoms with Crippen molar-refractivity contribution in [2.75, 3.05) is 0 Å². The summed E-state index contributed by atoms with van der Waals surface area (Å²) >= 11 is 1.68. The Bertz CT molecular complexity index is 661. The van der Waals surface area contributed by atoms with Gasteiger partial charge in [0.05, 0.1) is 11.8 Å². The van der Waals surface area contributed by atoms with Crippen LogP contribution in [0, 0.1) is 6.92 Å². The molecule has 0 aliphatic carbocycles. The van der Waals surface area contributed by atoms with E-state index in [1.165, 1.54) is 10.4 Å². The molecule has 3 rings (SSSR count). The topological polar surface area (TPSA) is 32.7 Å². The van der Waals surface area contributed by atoms with Gasteiger partial charge in [-0.05, 0) is 23.9 Å². The first-order valence-electron chi connectivity index (χ1n) is 6.63. The third kappa shape index (κ3) is 2.27. The zero-order valence-corrected chi connectivity index (χ0v) is 12.4. The molecule has 102 valence electrons. The fourth-order valence-electron chi connectivity index (χ4n) is 2.56. The summed E-state index contributed by atoms with van der Waals surface area (Å²) < 4.78 is 0. The van der Waals surface area contributed by atoms with Gasteiger partial charge in [0.1, 0.15) is 0 Å². The first-order chi connectivity index (χ1) is 9.66. The highest BCUT2D eigenvalue weighted by Gasteiger charge is 2.32. The summed E-state index contributed by atoms with van der Waals surface area (Å²) in [5.74, 6) is -0.00742. The van der Waals surface area contributed by atoms with Crippen molar-refractivity contribution >= 4 is 23.0 Å². The average molecular weight is 284 g/mol. The van der Waals surface area contributed by atoms with Crippen LogP contribution in [0.5, 0.6) is 0 Å². The molecule has 1 atom stereocenters. The zero-order valence-electron chi connectivity index (χ0n) is 11.5. The lowest BCUT2D eigenvalue weighted by molar-refractivity contribution is -0.130. The second kappa shape index (κ2) is 5.21. The average Bonchev–Trinajstić information content (AvgIpc) is 3.08. The minimum absolute atomic E-state index is 0.00742. The summed E-state index contributed by atoms with van der Waals surface area (Å²) in [5.41, 5.74) is 3.33. The minimum Gasteiger partial charge on any atom is -0.273 e. The first-order valence-corrected chi connectivity index (χ1v) is 7.51. The van der Waals surface area contributed by atoms with E-state index >= 15 is 0 Å². The van der Waals surface area contributed by atoms with Gasteiger partial charge in [0.2, 0.25) is 5.91 Å². The van der Waals surface area contributed by atoms with Crippen LogP contribution in [0.4, 0.5) is 0 Å². The Balaban J connectivity index is 1.97. The Morgan fingerprint density at radius 1 is 1.30 bits per heavy atom. The number of rotatable bonds is 2. The smallest absolute Gasteiger partial charge is 0.240 e. The van der Waals surface area contributed by atoms with Crippen LogP contribution >= 0.6 is 11.3 Å². The van der Waals surface area contributed by atoms with Crippen molar-refractivity contribution in [3.05, 3.63) is 57.8 Å². The number of hydrogen-bond donors (Lipinski definition) is 0. The molecular formula is C16H16N2OS. The highest BCUT2D eigenvalue weighted by atomic mass is 32.1. The van der Waals surface area contributed by atoms with Gasteiger partial charge < -0.3 is 0 Å². The predicted octanol–water partition coefficient (Wildman–Crippen LogP) is 3.75. The van der Waals surface area contributed by atoms with Gasteiger partial charge in [-0.15, -0.1) is 11.3 Å². The van der Waals surface area contributed by atoms with E-state index in [4.69, 9.17) is 0 Å². The molecule has 0 radical (unpaired) electrons. The van der Waals surface area contributed by atoms with Gasteiger partial charge in [-0.25, -0.2) is 5.01 Å². The number of carbonyl (C=O) groups is 1. The van der Waals surface area contributed by atoms with E-state index in [1.807, 2.05) is 23.6 Å². The Hall–Kier alpha value is -1.94. The summed E-state index contributed by atoms with van der Waals surface area (Å²) in [6, 6.07) is 12.3. The van der Waals surface area contributed by atoms with E-state index < -0.39 is 0 Å². The van der Waals surface area contributed by atoms with Crippen molar-refractivity contribution in [3.8, 4) is 0 Å². The van der Waals surface area contributed by atoms with Crippen LogP contribution in [-0.4, -0.2) is 16.6 Å². The number of hydrazone groups is 1. The second-order valence-electron chi connectivity index (χ2n) is 4.96. The van der Waals surface area contributed by atoms with E-state index in [1.54, 1.807) is 23.3 Å². The molecule has 1 aliphatic heterocycles. The van der Waals surface area contributed by atoms with Gasteiger partial charge in [-0.1, -0.05) is 30.3 Å². The molecule has 0 unspecified atom stereocenters. The Labute approximate surface area is 122 Å². The summed E-state index contributed by atoms with van der Waals surface area (Å²) in [6.45, 7) is 3.65. The highest BCUT2D eigenvalue weighted by molar-refractivity contribution is 7.10. The monoisotopic (exact) mass is 284 g/mol. The lowest BCUT2D eigenvalue weighted by Gasteiger charge is -2.18. The maximum absolute atomic E-state index is 11.8. The van der Waals surface area contributed by atoms with Crippen molar-refractivity contribution in [1.29, 1.82) is 0 Å². The van der Waals surface area contributed by atoms with E-state index in [9.17, 15) is 4.79 Å². The number of hydrogen-bond acceptors (Lipinski definition) is 3. The third-order valence-electron chi connectivity index (χ3n) is 3.56. The van der Waals surface area contributed by atoms with Gasteiger partial charge in [-0.2, -0.15) is 5.10 Å². The summed E-state index contributed by atoms with van der Waals surface area (Å²) in [7, 11) is 0. The number of carbonyl (C=O) groups excluding carboxylic acids is 1. The number of amides is 1. The number of benzene rings is 1. The summed E-state index contributed by atoms with van der Waals surface area (Å²) in [6.07, 6.45) is 0.783. The third-order valence-corrected chi connectivity index (χ3v) is 4.53. The molecule has 0 saturated carbocycles. The molecule has 0 spiro atoms. The highest BCUT2D eigenvalue weighted by Crippen LogP contribution is 2.35. The molecule has 0 fully saturated rings. The number of thiophene rings is 1. The van der Waals surface area contributed by atoms with Crippen molar-refractivity contribution in [3.63, 3.8) is 0 Å².